The van der Waals surface area contributed by atoms with E-state index in [1.807, 2.05) is 0 Å². The first kappa shape index (κ1) is 15.7. The summed E-state index contributed by atoms with van der Waals surface area (Å²) in [6, 6.07) is 2.20. The first-order chi connectivity index (χ1) is 9.58. The molecule has 1 aromatic rings. The van der Waals surface area contributed by atoms with E-state index in [-0.39, 0.29) is 18.8 Å². The van der Waals surface area contributed by atoms with Crippen LogP contribution in [-0.4, -0.2) is 31.7 Å². The number of nitrogen functional groups attached to an aromatic ring is 1. The Morgan fingerprint density at radius 3 is 2.57 bits per heavy atom. The fraction of sp³-hybridized carbons (Fsp3) is 0.462. The molecule has 0 aliphatic carbocycles. The predicted octanol–water partition coefficient (Wildman–Crippen LogP) is 0.602. The minimum atomic E-state index is -4.04. The van der Waals surface area contributed by atoms with E-state index in [4.69, 9.17) is 11.5 Å². The summed E-state index contributed by atoms with van der Waals surface area (Å²) < 4.78 is 40.1. The standard InChI is InChI=1S/C13H18FN3O3S/c1-8-5-9(14)11(6-10(8)15)21(19,20)17-4-3-13(2,7-17)12(16)18/h5-6H,3-4,7,15H2,1-2H3,(H2,16,18). The number of rotatable bonds is 3. The second-order valence-electron chi connectivity index (χ2n) is 5.65. The average molecular weight is 315 g/mol. The number of nitrogens with zero attached hydrogens (tertiary/aromatic N) is 1. The molecule has 1 unspecified atom stereocenters. The van der Waals surface area contributed by atoms with E-state index in [2.05, 4.69) is 0 Å². The number of hydrogen-bond donors (Lipinski definition) is 2. The minimum Gasteiger partial charge on any atom is -0.398 e. The third-order valence-corrected chi connectivity index (χ3v) is 5.83. The van der Waals surface area contributed by atoms with Gasteiger partial charge in [0, 0.05) is 18.8 Å². The van der Waals surface area contributed by atoms with Crippen LogP contribution in [-0.2, 0) is 14.8 Å². The molecule has 0 radical (unpaired) electrons. The number of hydrogen-bond acceptors (Lipinski definition) is 4. The van der Waals surface area contributed by atoms with Gasteiger partial charge in [0.05, 0.1) is 5.41 Å². The molecule has 0 saturated carbocycles. The Hall–Kier alpha value is -1.67. The molecular weight excluding hydrogens is 297 g/mol. The van der Waals surface area contributed by atoms with Crippen molar-refractivity contribution in [2.24, 2.45) is 11.1 Å². The van der Waals surface area contributed by atoms with Crippen LogP contribution in [0.1, 0.15) is 18.9 Å². The van der Waals surface area contributed by atoms with Gasteiger partial charge in [0.1, 0.15) is 10.7 Å². The number of carbonyl (C=O) groups excluding carboxylic acids is 1. The van der Waals surface area contributed by atoms with Gasteiger partial charge in [0.2, 0.25) is 15.9 Å². The molecule has 1 atom stereocenters. The van der Waals surface area contributed by atoms with E-state index < -0.39 is 32.1 Å². The van der Waals surface area contributed by atoms with Crippen LogP contribution < -0.4 is 11.5 Å². The highest BCUT2D eigenvalue weighted by molar-refractivity contribution is 7.89. The number of carbonyl (C=O) groups is 1. The van der Waals surface area contributed by atoms with Gasteiger partial charge in [-0.2, -0.15) is 4.31 Å². The predicted molar refractivity (Wildman–Crippen MR) is 76.2 cm³/mol. The summed E-state index contributed by atoms with van der Waals surface area (Å²) in [6.45, 7) is 3.26. The summed E-state index contributed by atoms with van der Waals surface area (Å²) in [4.78, 5) is 10.9. The van der Waals surface area contributed by atoms with Crippen molar-refractivity contribution >= 4 is 21.6 Å². The van der Waals surface area contributed by atoms with Crippen LogP contribution in [0.3, 0.4) is 0 Å². The molecule has 1 amide bonds. The first-order valence-electron chi connectivity index (χ1n) is 6.43. The zero-order chi connectivity index (χ0) is 16.0. The van der Waals surface area contributed by atoms with Crippen molar-refractivity contribution in [2.45, 2.75) is 25.2 Å². The number of primary amides is 1. The maximum atomic E-state index is 14.0. The number of halogens is 1. The van der Waals surface area contributed by atoms with Gasteiger partial charge in [-0.15, -0.1) is 0 Å². The van der Waals surface area contributed by atoms with Crippen LogP contribution in [0.25, 0.3) is 0 Å². The van der Waals surface area contributed by atoms with E-state index in [0.29, 0.717) is 12.0 Å². The summed E-state index contributed by atoms with van der Waals surface area (Å²) in [6.07, 6.45) is 0.310. The second-order valence-corrected chi connectivity index (χ2v) is 7.56. The van der Waals surface area contributed by atoms with E-state index in [9.17, 15) is 17.6 Å². The SMILES string of the molecule is Cc1cc(F)c(S(=O)(=O)N2CCC(C)(C(N)=O)C2)cc1N. The molecule has 1 heterocycles. The Kier molecular flexibility index (Phi) is 3.71. The van der Waals surface area contributed by atoms with Crippen LogP contribution in [0.4, 0.5) is 10.1 Å². The van der Waals surface area contributed by atoms with Gasteiger partial charge in [-0.05, 0) is 38.0 Å². The summed E-state index contributed by atoms with van der Waals surface area (Å²) in [5.74, 6) is -1.42. The van der Waals surface area contributed by atoms with Crippen molar-refractivity contribution in [3.8, 4) is 0 Å². The Morgan fingerprint density at radius 2 is 2.05 bits per heavy atom. The minimum absolute atomic E-state index is 0.0577. The normalized spacial score (nSPS) is 23.4. The topological polar surface area (TPSA) is 106 Å². The molecule has 0 bridgehead atoms. The Morgan fingerprint density at radius 1 is 1.43 bits per heavy atom. The second kappa shape index (κ2) is 4.96. The number of aryl methyl sites for hydroxylation is 1. The number of nitrogens with two attached hydrogens (primary N) is 2. The van der Waals surface area contributed by atoms with Gasteiger partial charge in [0.15, 0.2) is 0 Å². The molecule has 1 aliphatic rings. The van der Waals surface area contributed by atoms with Gasteiger partial charge in [-0.3, -0.25) is 4.79 Å². The fourth-order valence-electron chi connectivity index (χ4n) is 2.33. The molecule has 21 heavy (non-hydrogen) atoms. The Balaban J connectivity index is 2.41. The lowest BCUT2D eigenvalue weighted by Crippen LogP contribution is -2.38. The molecule has 1 aliphatic heterocycles. The summed E-state index contributed by atoms with van der Waals surface area (Å²) in [5.41, 5.74) is 10.7. The third-order valence-electron chi connectivity index (χ3n) is 3.97. The summed E-state index contributed by atoms with van der Waals surface area (Å²) >= 11 is 0. The van der Waals surface area contributed by atoms with Crippen LogP contribution in [0.5, 0.6) is 0 Å². The lowest BCUT2D eigenvalue weighted by molar-refractivity contribution is -0.126. The van der Waals surface area contributed by atoms with Crippen LogP contribution >= 0.6 is 0 Å². The van der Waals surface area contributed by atoms with Crippen molar-refractivity contribution in [3.05, 3.63) is 23.5 Å². The molecule has 1 fully saturated rings. The molecule has 1 saturated heterocycles. The first-order valence-corrected chi connectivity index (χ1v) is 7.87. The molecule has 0 spiro atoms. The van der Waals surface area contributed by atoms with Crippen LogP contribution in [0, 0.1) is 18.2 Å². The number of sulfonamides is 1. The van der Waals surface area contributed by atoms with Crippen molar-refractivity contribution in [3.63, 3.8) is 0 Å². The molecule has 1 aromatic carbocycles. The highest BCUT2D eigenvalue weighted by atomic mass is 32.2. The number of anilines is 1. The van der Waals surface area contributed by atoms with E-state index in [0.717, 1.165) is 16.4 Å². The molecule has 6 nitrogen and oxygen atoms in total. The lowest BCUT2D eigenvalue weighted by atomic mass is 9.89. The fourth-order valence-corrected chi connectivity index (χ4v) is 3.98. The Labute approximate surface area is 123 Å². The summed E-state index contributed by atoms with van der Waals surface area (Å²) in [7, 11) is -4.04. The monoisotopic (exact) mass is 315 g/mol. The van der Waals surface area contributed by atoms with Gasteiger partial charge < -0.3 is 11.5 Å². The van der Waals surface area contributed by atoms with Gasteiger partial charge in [-0.25, -0.2) is 12.8 Å². The van der Waals surface area contributed by atoms with Crippen molar-refractivity contribution in [1.29, 1.82) is 0 Å². The zero-order valence-electron chi connectivity index (χ0n) is 11.9. The maximum absolute atomic E-state index is 14.0. The Bertz CT molecular complexity index is 705. The highest BCUT2D eigenvalue weighted by Crippen LogP contribution is 2.34. The smallest absolute Gasteiger partial charge is 0.246 e. The summed E-state index contributed by atoms with van der Waals surface area (Å²) in [5, 5.41) is 0. The van der Waals surface area contributed by atoms with Crippen molar-refractivity contribution < 1.29 is 17.6 Å². The lowest BCUT2D eigenvalue weighted by Gasteiger charge is -2.21. The van der Waals surface area contributed by atoms with Crippen LogP contribution in [0.15, 0.2) is 17.0 Å². The van der Waals surface area contributed by atoms with Gasteiger partial charge in [0.25, 0.3) is 0 Å². The van der Waals surface area contributed by atoms with Gasteiger partial charge in [-0.1, -0.05) is 0 Å². The molecule has 0 aromatic heterocycles. The quantitative estimate of drug-likeness (QED) is 0.797. The molecule has 4 N–H and O–H groups in total. The molecule has 116 valence electrons. The molecule has 2 rings (SSSR count). The van der Waals surface area contributed by atoms with Crippen molar-refractivity contribution in [2.75, 3.05) is 18.8 Å². The average Bonchev–Trinajstić information content (AvgIpc) is 2.78. The molecular formula is C13H18FN3O3S. The molecule has 8 heteroatoms. The largest absolute Gasteiger partial charge is 0.398 e. The third kappa shape index (κ3) is 2.60. The van der Waals surface area contributed by atoms with E-state index >= 15 is 0 Å². The van der Waals surface area contributed by atoms with Crippen molar-refractivity contribution in [1.82, 2.24) is 4.31 Å². The van der Waals surface area contributed by atoms with Gasteiger partial charge >= 0.3 is 0 Å². The number of benzene rings is 1. The zero-order valence-corrected chi connectivity index (χ0v) is 12.7. The van der Waals surface area contributed by atoms with Crippen LogP contribution in [0.2, 0.25) is 0 Å². The van der Waals surface area contributed by atoms with E-state index in [1.54, 1.807) is 13.8 Å². The maximum Gasteiger partial charge on any atom is 0.246 e. The highest BCUT2D eigenvalue weighted by Gasteiger charge is 2.44. The van der Waals surface area contributed by atoms with E-state index in [1.165, 1.54) is 0 Å². The number of amides is 1.